The van der Waals surface area contributed by atoms with Gasteiger partial charge >= 0.3 is 0 Å². The Labute approximate surface area is 101 Å². The number of carbonyl (C=O) groups is 1. The van der Waals surface area contributed by atoms with E-state index in [0.717, 1.165) is 9.35 Å². The average Bonchev–Trinajstić information content (AvgIpc) is 2.49. The van der Waals surface area contributed by atoms with Crippen molar-refractivity contribution in [1.82, 2.24) is 4.90 Å². The van der Waals surface area contributed by atoms with Crippen molar-refractivity contribution in [3.63, 3.8) is 0 Å². The quantitative estimate of drug-likeness (QED) is 0.785. The molecule has 0 aliphatic carbocycles. The van der Waals surface area contributed by atoms with Gasteiger partial charge in [-0.05, 0) is 28.9 Å². The molecular formula is C9H11BrClNOS. The predicted octanol–water partition coefficient (Wildman–Crippen LogP) is 3.10. The first-order valence-corrected chi connectivity index (χ1v) is 6.23. The molecule has 2 nitrogen and oxygen atoms in total. The Hall–Kier alpha value is -0.0600. The SMILES string of the molecule is CC(Cl)C(=O)N(C)Cc1cc(Br)cs1. The molecule has 0 fully saturated rings. The van der Waals surface area contributed by atoms with Crippen molar-refractivity contribution in [3.8, 4) is 0 Å². The maximum atomic E-state index is 11.4. The number of thiophene rings is 1. The summed E-state index contributed by atoms with van der Waals surface area (Å²) in [4.78, 5) is 14.2. The lowest BCUT2D eigenvalue weighted by Gasteiger charge is -2.17. The first-order chi connectivity index (χ1) is 6.50. The zero-order valence-corrected chi connectivity index (χ0v) is 11.1. The van der Waals surface area contributed by atoms with Crippen LogP contribution >= 0.6 is 38.9 Å². The number of nitrogens with zero attached hydrogens (tertiary/aromatic N) is 1. The molecule has 0 aromatic carbocycles. The minimum Gasteiger partial charge on any atom is -0.339 e. The highest BCUT2D eigenvalue weighted by Crippen LogP contribution is 2.21. The van der Waals surface area contributed by atoms with Gasteiger partial charge in [0.05, 0.1) is 6.54 Å². The largest absolute Gasteiger partial charge is 0.339 e. The zero-order chi connectivity index (χ0) is 10.7. The van der Waals surface area contributed by atoms with Gasteiger partial charge < -0.3 is 4.90 Å². The Morgan fingerprint density at radius 2 is 2.43 bits per heavy atom. The Morgan fingerprint density at radius 3 is 2.86 bits per heavy atom. The summed E-state index contributed by atoms with van der Waals surface area (Å²) >= 11 is 10.7. The van der Waals surface area contributed by atoms with Crippen molar-refractivity contribution < 1.29 is 4.79 Å². The molecule has 0 N–H and O–H groups in total. The van der Waals surface area contributed by atoms with Gasteiger partial charge in [0.15, 0.2) is 0 Å². The molecule has 1 atom stereocenters. The van der Waals surface area contributed by atoms with Crippen LogP contribution in [0, 0.1) is 0 Å². The van der Waals surface area contributed by atoms with E-state index in [1.54, 1.807) is 30.2 Å². The standard InChI is InChI=1S/C9H11BrClNOS/c1-6(11)9(13)12(2)4-8-3-7(10)5-14-8/h3,5-6H,4H2,1-2H3. The average molecular weight is 297 g/mol. The number of amides is 1. The number of hydrogen-bond acceptors (Lipinski definition) is 2. The van der Waals surface area contributed by atoms with Crippen molar-refractivity contribution in [2.45, 2.75) is 18.8 Å². The van der Waals surface area contributed by atoms with Gasteiger partial charge in [0.25, 0.3) is 0 Å². The lowest BCUT2D eigenvalue weighted by atomic mass is 10.3. The van der Waals surface area contributed by atoms with Gasteiger partial charge in [-0.15, -0.1) is 22.9 Å². The molecule has 0 spiro atoms. The van der Waals surface area contributed by atoms with Crippen molar-refractivity contribution in [2.75, 3.05) is 7.05 Å². The normalized spacial score (nSPS) is 12.6. The van der Waals surface area contributed by atoms with E-state index in [1.165, 1.54) is 0 Å². The first-order valence-electron chi connectivity index (χ1n) is 4.12. The number of alkyl halides is 1. The molecule has 1 aromatic rings. The molecule has 14 heavy (non-hydrogen) atoms. The van der Waals surface area contributed by atoms with E-state index in [2.05, 4.69) is 15.9 Å². The van der Waals surface area contributed by atoms with Crippen LogP contribution in [0.3, 0.4) is 0 Å². The summed E-state index contributed by atoms with van der Waals surface area (Å²) < 4.78 is 1.05. The van der Waals surface area contributed by atoms with Crippen LogP contribution in [-0.4, -0.2) is 23.2 Å². The fraction of sp³-hybridized carbons (Fsp3) is 0.444. The van der Waals surface area contributed by atoms with Crippen molar-refractivity contribution in [2.24, 2.45) is 0 Å². The second-order valence-electron chi connectivity index (χ2n) is 3.04. The Balaban J connectivity index is 2.57. The van der Waals surface area contributed by atoms with Crippen molar-refractivity contribution >= 4 is 44.8 Å². The molecule has 1 amide bonds. The third kappa shape index (κ3) is 3.26. The summed E-state index contributed by atoms with van der Waals surface area (Å²) in [5.74, 6) is -0.0452. The van der Waals surface area contributed by atoms with Crippen LogP contribution in [0.15, 0.2) is 15.9 Å². The summed E-state index contributed by atoms with van der Waals surface area (Å²) in [6.45, 7) is 2.30. The summed E-state index contributed by atoms with van der Waals surface area (Å²) in [6.07, 6.45) is 0. The van der Waals surface area contributed by atoms with Gasteiger partial charge in [-0.3, -0.25) is 4.79 Å². The second-order valence-corrected chi connectivity index (χ2v) is 5.61. The van der Waals surface area contributed by atoms with Gasteiger partial charge in [0.1, 0.15) is 5.38 Å². The number of halogens is 2. The molecule has 1 unspecified atom stereocenters. The summed E-state index contributed by atoms with van der Waals surface area (Å²) in [6, 6.07) is 2.01. The third-order valence-corrected chi connectivity index (χ3v) is 3.60. The predicted molar refractivity (Wildman–Crippen MR) is 63.8 cm³/mol. The first kappa shape index (κ1) is 12.0. The van der Waals surface area contributed by atoms with Crippen LogP contribution < -0.4 is 0 Å². The van der Waals surface area contributed by atoms with Crippen LogP contribution in [-0.2, 0) is 11.3 Å². The molecule has 0 aliphatic rings. The fourth-order valence-electron chi connectivity index (χ4n) is 1.05. The molecule has 1 heterocycles. The van der Waals surface area contributed by atoms with E-state index in [9.17, 15) is 4.79 Å². The van der Waals surface area contributed by atoms with E-state index in [0.29, 0.717) is 6.54 Å². The van der Waals surface area contributed by atoms with Crippen LogP contribution in [0.1, 0.15) is 11.8 Å². The van der Waals surface area contributed by atoms with Crippen LogP contribution in [0.5, 0.6) is 0 Å². The maximum absolute atomic E-state index is 11.4. The summed E-state index contributed by atoms with van der Waals surface area (Å²) in [5.41, 5.74) is 0. The smallest absolute Gasteiger partial charge is 0.240 e. The zero-order valence-electron chi connectivity index (χ0n) is 7.96. The Bertz CT molecular complexity index is 326. The Kier molecular flexibility index (Phi) is 4.41. The molecule has 1 rings (SSSR count). The lowest BCUT2D eigenvalue weighted by Crippen LogP contribution is -2.31. The van der Waals surface area contributed by atoms with E-state index in [4.69, 9.17) is 11.6 Å². The maximum Gasteiger partial charge on any atom is 0.240 e. The highest BCUT2D eigenvalue weighted by atomic mass is 79.9. The Morgan fingerprint density at radius 1 is 1.79 bits per heavy atom. The van der Waals surface area contributed by atoms with Gasteiger partial charge in [0.2, 0.25) is 5.91 Å². The van der Waals surface area contributed by atoms with Crippen molar-refractivity contribution in [1.29, 1.82) is 0 Å². The summed E-state index contributed by atoms with van der Waals surface area (Å²) in [5, 5.41) is 1.54. The monoisotopic (exact) mass is 295 g/mol. The third-order valence-electron chi connectivity index (χ3n) is 1.73. The molecule has 0 aliphatic heterocycles. The van der Waals surface area contributed by atoms with E-state index < -0.39 is 5.38 Å². The number of rotatable bonds is 3. The van der Waals surface area contributed by atoms with E-state index in [-0.39, 0.29) is 5.91 Å². The van der Waals surface area contributed by atoms with Crippen LogP contribution in [0.25, 0.3) is 0 Å². The van der Waals surface area contributed by atoms with Crippen LogP contribution in [0.2, 0.25) is 0 Å². The number of carbonyl (C=O) groups excluding carboxylic acids is 1. The lowest BCUT2D eigenvalue weighted by molar-refractivity contribution is -0.129. The molecule has 0 saturated heterocycles. The van der Waals surface area contributed by atoms with Crippen LogP contribution in [0.4, 0.5) is 0 Å². The molecule has 0 saturated carbocycles. The highest BCUT2D eigenvalue weighted by Gasteiger charge is 2.15. The molecule has 5 heteroatoms. The molecule has 0 radical (unpaired) electrons. The van der Waals surface area contributed by atoms with Gasteiger partial charge in [-0.25, -0.2) is 0 Å². The van der Waals surface area contributed by atoms with E-state index in [1.807, 2.05) is 11.4 Å². The van der Waals surface area contributed by atoms with E-state index >= 15 is 0 Å². The minimum absolute atomic E-state index is 0.0452. The number of hydrogen-bond donors (Lipinski definition) is 0. The second kappa shape index (κ2) is 5.14. The van der Waals surface area contributed by atoms with Gasteiger partial charge in [0, 0.05) is 21.8 Å². The fourth-order valence-corrected chi connectivity index (χ4v) is 2.72. The molecule has 0 bridgehead atoms. The summed E-state index contributed by atoms with van der Waals surface area (Å²) in [7, 11) is 1.76. The molecular weight excluding hydrogens is 286 g/mol. The van der Waals surface area contributed by atoms with Gasteiger partial charge in [-0.2, -0.15) is 0 Å². The topological polar surface area (TPSA) is 20.3 Å². The highest BCUT2D eigenvalue weighted by molar-refractivity contribution is 9.10. The van der Waals surface area contributed by atoms with Crippen molar-refractivity contribution in [3.05, 3.63) is 20.8 Å². The minimum atomic E-state index is -0.455. The van der Waals surface area contributed by atoms with Gasteiger partial charge in [-0.1, -0.05) is 0 Å². The molecule has 78 valence electrons. The molecule has 1 aromatic heterocycles.